The molecular weight excluding hydrogens is 156 g/mol. The molecular formula is C3H4ClF3N2. The fraction of sp³-hybridized carbons (Fsp3) is 0.667. The number of nitrogens with zero attached hydrogens (tertiary/aromatic N) is 1. The summed E-state index contributed by atoms with van der Waals surface area (Å²) in [6.07, 6.45) is -4.54. The van der Waals surface area contributed by atoms with Crippen molar-refractivity contribution in [2.45, 2.75) is 6.18 Å². The van der Waals surface area contributed by atoms with E-state index in [-0.39, 0.29) is 0 Å². The summed E-state index contributed by atoms with van der Waals surface area (Å²) in [4.78, 5) is 0. The zero-order valence-electron chi connectivity index (χ0n) is 4.46. The zero-order chi connectivity index (χ0) is 7.49. The first-order valence-corrected chi connectivity index (χ1v) is 2.33. The molecule has 0 saturated carbocycles. The van der Waals surface area contributed by atoms with Gasteiger partial charge in [0.15, 0.2) is 0 Å². The first kappa shape index (κ1) is 8.55. The Morgan fingerprint density at radius 1 is 1.56 bits per heavy atom. The maximum Gasteiger partial charge on any atom is 0.446 e. The van der Waals surface area contributed by atoms with E-state index in [4.69, 9.17) is 0 Å². The summed E-state index contributed by atoms with van der Waals surface area (Å²) in [5.41, 5.74) is 1.91. The van der Waals surface area contributed by atoms with Gasteiger partial charge in [-0.25, -0.2) is 0 Å². The highest BCUT2D eigenvalue weighted by atomic mass is 35.5. The number of hydrogen-bond acceptors (Lipinski definition) is 2. The predicted molar refractivity (Wildman–Crippen MR) is 28.4 cm³/mol. The number of rotatable bonds is 1. The average Bonchev–Trinajstić information content (AvgIpc) is 1.64. The summed E-state index contributed by atoms with van der Waals surface area (Å²) < 4.78 is 34.0. The molecule has 0 bridgehead atoms. The summed E-state index contributed by atoms with van der Waals surface area (Å²) in [5, 5.41) is 1.30. The predicted octanol–water partition coefficient (Wildman–Crippen LogP) is 1.32. The Balaban J connectivity index is 4.03. The van der Waals surface area contributed by atoms with Gasteiger partial charge >= 0.3 is 6.18 Å². The van der Waals surface area contributed by atoms with Crippen LogP contribution >= 0.6 is 11.6 Å². The summed E-state index contributed by atoms with van der Waals surface area (Å²) in [7, 11) is 1.23. The lowest BCUT2D eigenvalue weighted by molar-refractivity contribution is -0.0562. The van der Waals surface area contributed by atoms with Crippen molar-refractivity contribution in [2.24, 2.45) is 5.10 Å². The fourth-order valence-corrected chi connectivity index (χ4v) is 0.246. The molecule has 9 heavy (non-hydrogen) atoms. The van der Waals surface area contributed by atoms with Gasteiger partial charge in [0.05, 0.1) is 0 Å². The second-order valence-corrected chi connectivity index (χ2v) is 1.48. The molecule has 2 nitrogen and oxygen atoms in total. The van der Waals surface area contributed by atoms with Crippen LogP contribution in [0.1, 0.15) is 0 Å². The van der Waals surface area contributed by atoms with E-state index in [1.807, 2.05) is 5.43 Å². The molecule has 0 unspecified atom stereocenters. The van der Waals surface area contributed by atoms with Crippen LogP contribution in [0.2, 0.25) is 0 Å². The molecule has 0 aromatic heterocycles. The number of alkyl halides is 3. The molecule has 0 spiro atoms. The lowest BCUT2D eigenvalue weighted by Gasteiger charge is -2.00. The van der Waals surface area contributed by atoms with Crippen molar-refractivity contribution < 1.29 is 13.2 Å². The number of hydrazone groups is 1. The van der Waals surface area contributed by atoms with Gasteiger partial charge in [0.25, 0.3) is 0 Å². The molecule has 0 heterocycles. The van der Waals surface area contributed by atoms with Crippen LogP contribution in [0, 0.1) is 0 Å². The minimum absolute atomic E-state index is 1.23. The molecule has 0 saturated heterocycles. The number of nitrogens with one attached hydrogen (secondary N) is 1. The highest BCUT2D eigenvalue weighted by molar-refractivity contribution is 6.66. The Morgan fingerprint density at radius 3 is 2.11 bits per heavy atom. The highest BCUT2D eigenvalue weighted by Crippen LogP contribution is 2.18. The van der Waals surface area contributed by atoms with E-state index in [1.54, 1.807) is 0 Å². The molecule has 0 radical (unpaired) electrons. The van der Waals surface area contributed by atoms with E-state index < -0.39 is 11.3 Å². The van der Waals surface area contributed by atoms with Crippen molar-refractivity contribution in [3.05, 3.63) is 0 Å². The normalized spacial score (nSPS) is 13.7. The van der Waals surface area contributed by atoms with E-state index >= 15 is 0 Å². The maximum absolute atomic E-state index is 11.3. The molecule has 0 atom stereocenters. The molecule has 0 amide bonds. The van der Waals surface area contributed by atoms with Gasteiger partial charge in [-0.05, 0) is 0 Å². The van der Waals surface area contributed by atoms with E-state index in [0.717, 1.165) is 0 Å². The largest absolute Gasteiger partial charge is 0.446 e. The molecule has 0 aromatic rings. The Hall–Kier alpha value is -0.450. The standard InChI is InChI=1S/C3H4ClF3N2/c1-8-9-2(4)3(5,6)7/h8H,1H3/b9-2-. The Morgan fingerprint density at radius 2 is 2.00 bits per heavy atom. The minimum atomic E-state index is -4.54. The lowest BCUT2D eigenvalue weighted by atomic mass is 10.7. The van der Waals surface area contributed by atoms with Crippen molar-refractivity contribution in [3.8, 4) is 0 Å². The third-order valence-electron chi connectivity index (χ3n) is 0.444. The van der Waals surface area contributed by atoms with Crippen LogP contribution in [0.5, 0.6) is 0 Å². The molecule has 0 rings (SSSR count). The molecule has 1 N–H and O–H groups in total. The van der Waals surface area contributed by atoms with Gasteiger partial charge in [-0.2, -0.15) is 18.3 Å². The zero-order valence-corrected chi connectivity index (χ0v) is 5.22. The summed E-state index contributed by atoms with van der Waals surface area (Å²) in [6, 6.07) is 0. The van der Waals surface area contributed by atoms with E-state index in [9.17, 15) is 13.2 Å². The SMILES string of the molecule is CN/N=C(\Cl)C(F)(F)F. The van der Waals surface area contributed by atoms with Crippen LogP contribution in [-0.4, -0.2) is 18.4 Å². The first-order chi connectivity index (χ1) is 3.98. The molecule has 0 aliphatic heterocycles. The second kappa shape index (κ2) is 2.91. The van der Waals surface area contributed by atoms with Crippen LogP contribution in [0.4, 0.5) is 13.2 Å². The van der Waals surface area contributed by atoms with E-state index in [0.29, 0.717) is 0 Å². The van der Waals surface area contributed by atoms with Gasteiger partial charge in [0.1, 0.15) is 0 Å². The summed E-state index contributed by atoms with van der Waals surface area (Å²) in [5.74, 6) is 0. The van der Waals surface area contributed by atoms with Gasteiger partial charge in [0.2, 0.25) is 5.17 Å². The Kier molecular flexibility index (Phi) is 2.76. The number of hydrogen-bond donors (Lipinski definition) is 1. The smallest absolute Gasteiger partial charge is 0.312 e. The van der Waals surface area contributed by atoms with Gasteiger partial charge in [-0.15, -0.1) is 0 Å². The molecule has 6 heteroatoms. The number of halogens is 4. The molecule has 0 fully saturated rings. The van der Waals surface area contributed by atoms with Gasteiger partial charge < -0.3 is 5.43 Å². The molecule has 0 aromatic carbocycles. The average molecular weight is 161 g/mol. The topological polar surface area (TPSA) is 24.4 Å². The van der Waals surface area contributed by atoms with Crippen molar-refractivity contribution in [3.63, 3.8) is 0 Å². The quantitative estimate of drug-likeness (QED) is 0.454. The first-order valence-electron chi connectivity index (χ1n) is 1.95. The van der Waals surface area contributed by atoms with Gasteiger partial charge in [0, 0.05) is 7.05 Å². The van der Waals surface area contributed by atoms with E-state index in [1.165, 1.54) is 7.05 Å². The monoisotopic (exact) mass is 160 g/mol. The van der Waals surface area contributed by atoms with Crippen LogP contribution in [0.3, 0.4) is 0 Å². The Labute approximate surface area is 54.7 Å². The van der Waals surface area contributed by atoms with Crippen LogP contribution in [0.15, 0.2) is 5.10 Å². The second-order valence-electron chi connectivity index (χ2n) is 1.12. The van der Waals surface area contributed by atoms with Crippen molar-refractivity contribution in [1.82, 2.24) is 5.43 Å². The third kappa shape index (κ3) is 3.18. The van der Waals surface area contributed by atoms with E-state index in [2.05, 4.69) is 16.7 Å². The highest BCUT2D eigenvalue weighted by Gasteiger charge is 2.34. The molecule has 0 aliphatic rings. The third-order valence-corrected chi connectivity index (χ3v) is 0.743. The molecule has 54 valence electrons. The summed E-state index contributed by atoms with van der Waals surface area (Å²) >= 11 is 4.62. The van der Waals surface area contributed by atoms with Crippen LogP contribution in [-0.2, 0) is 0 Å². The van der Waals surface area contributed by atoms with Crippen molar-refractivity contribution >= 4 is 16.8 Å². The fourth-order valence-electron chi connectivity index (χ4n) is 0.162. The van der Waals surface area contributed by atoms with Gasteiger partial charge in [-0.1, -0.05) is 11.6 Å². The van der Waals surface area contributed by atoms with Crippen LogP contribution < -0.4 is 5.43 Å². The Bertz CT molecular complexity index is 119. The molecule has 0 aliphatic carbocycles. The summed E-state index contributed by atoms with van der Waals surface area (Å²) in [6.45, 7) is 0. The lowest BCUT2D eigenvalue weighted by Crippen LogP contribution is -2.19. The van der Waals surface area contributed by atoms with Gasteiger partial charge in [-0.3, -0.25) is 0 Å². The van der Waals surface area contributed by atoms with Crippen molar-refractivity contribution in [1.29, 1.82) is 0 Å². The van der Waals surface area contributed by atoms with Crippen LogP contribution in [0.25, 0.3) is 0 Å². The van der Waals surface area contributed by atoms with Crippen molar-refractivity contribution in [2.75, 3.05) is 7.05 Å². The minimum Gasteiger partial charge on any atom is -0.312 e. The maximum atomic E-state index is 11.3.